The standard InChI is InChI=1S/C12H10Cl3NO/c13-9-2-1-7(5-10(9)14)6-11(16)8-3-4-17-12(8)15/h1-5,11H,6,16H2. The van der Waals surface area contributed by atoms with Gasteiger partial charge in [-0.2, -0.15) is 0 Å². The molecule has 0 aliphatic heterocycles. The Morgan fingerprint density at radius 1 is 1.12 bits per heavy atom. The van der Waals surface area contributed by atoms with Crippen LogP contribution in [0.2, 0.25) is 15.3 Å². The summed E-state index contributed by atoms with van der Waals surface area (Å²) in [6.45, 7) is 0. The molecular weight excluding hydrogens is 280 g/mol. The molecule has 0 aliphatic carbocycles. The van der Waals surface area contributed by atoms with Gasteiger partial charge >= 0.3 is 0 Å². The van der Waals surface area contributed by atoms with Crippen molar-refractivity contribution in [3.05, 3.63) is 56.9 Å². The van der Waals surface area contributed by atoms with Crippen LogP contribution in [-0.2, 0) is 6.42 Å². The summed E-state index contributed by atoms with van der Waals surface area (Å²) in [5.41, 5.74) is 7.83. The highest BCUT2D eigenvalue weighted by Crippen LogP contribution is 2.27. The zero-order chi connectivity index (χ0) is 12.4. The molecule has 1 unspecified atom stereocenters. The Hall–Kier alpha value is -0.670. The second-order valence-corrected chi connectivity index (χ2v) is 4.87. The Balaban J connectivity index is 2.16. The summed E-state index contributed by atoms with van der Waals surface area (Å²) in [4.78, 5) is 0. The van der Waals surface area contributed by atoms with Gasteiger partial charge in [0.15, 0.2) is 5.22 Å². The average molecular weight is 291 g/mol. The predicted octanol–water partition coefficient (Wildman–Crippen LogP) is 4.48. The van der Waals surface area contributed by atoms with Crippen LogP contribution in [0.1, 0.15) is 17.2 Å². The fourth-order valence-corrected chi connectivity index (χ4v) is 2.18. The molecule has 2 rings (SSSR count). The van der Waals surface area contributed by atoms with Crippen LogP contribution in [0.3, 0.4) is 0 Å². The minimum atomic E-state index is -0.224. The van der Waals surface area contributed by atoms with E-state index in [-0.39, 0.29) is 6.04 Å². The van der Waals surface area contributed by atoms with E-state index < -0.39 is 0 Å². The molecule has 2 N–H and O–H groups in total. The van der Waals surface area contributed by atoms with Gasteiger partial charge in [0.25, 0.3) is 0 Å². The van der Waals surface area contributed by atoms with Gasteiger partial charge in [0, 0.05) is 11.6 Å². The fraction of sp³-hybridized carbons (Fsp3) is 0.167. The zero-order valence-electron chi connectivity index (χ0n) is 8.79. The van der Waals surface area contributed by atoms with Gasteiger partial charge in [0.05, 0.1) is 16.3 Å². The minimum absolute atomic E-state index is 0.224. The molecule has 0 spiro atoms. The molecule has 5 heteroatoms. The maximum Gasteiger partial charge on any atom is 0.197 e. The van der Waals surface area contributed by atoms with Crippen molar-refractivity contribution < 1.29 is 4.42 Å². The Labute approximate surface area is 114 Å². The summed E-state index contributed by atoms with van der Waals surface area (Å²) in [5, 5.41) is 1.39. The first kappa shape index (κ1) is 12.8. The van der Waals surface area contributed by atoms with E-state index in [1.165, 1.54) is 6.26 Å². The van der Waals surface area contributed by atoms with E-state index >= 15 is 0 Å². The lowest BCUT2D eigenvalue weighted by molar-refractivity contribution is 0.560. The topological polar surface area (TPSA) is 39.2 Å². The first-order chi connectivity index (χ1) is 8.08. The molecule has 0 radical (unpaired) electrons. The van der Waals surface area contributed by atoms with E-state index in [0.29, 0.717) is 21.7 Å². The monoisotopic (exact) mass is 289 g/mol. The molecule has 2 aromatic rings. The maximum absolute atomic E-state index is 6.04. The molecule has 0 aliphatic rings. The fourth-order valence-electron chi connectivity index (χ4n) is 1.60. The van der Waals surface area contributed by atoms with Crippen molar-refractivity contribution in [1.82, 2.24) is 0 Å². The van der Waals surface area contributed by atoms with Gasteiger partial charge in [-0.05, 0) is 41.8 Å². The number of halogens is 3. The summed E-state index contributed by atoms with van der Waals surface area (Å²) in [7, 11) is 0. The van der Waals surface area contributed by atoms with Gasteiger partial charge in [-0.1, -0.05) is 29.3 Å². The van der Waals surface area contributed by atoms with Crippen molar-refractivity contribution in [1.29, 1.82) is 0 Å². The smallest absolute Gasteiger partial charge is 0.197 e. The van der Waals surface area contributed by atoms with Gasteiger partial charge in [-0.25, -0.2) is 0 Å². The number of furan rings is 1. The van der Waals surface area contributed by atoms with Crippen molar-refractivity contribution >= 4 is 34.8 Å². The van der Waals surface area contributed by atoms with E-state index in [4.69, 9.17) is 45.0 Å². The molecule has 90 valence electrons. The lowest BCUT2D eigenvalue weighted by Gasteiger charge is -2.10. The summed E-state index contributed by atoms with van der Waals surface area (Å²) in [6.07, 6.45) is 2.14. The summed E-state index contributed by atoms with van der Waals surface area (Å²) in [6, 6.07) is 6.99. The van der Waals surface area contributed by atoms with Crippen LogP contribution >= 0.6 is 34.8 Å². The molecule has 0 saturated heterocycles. The van der Waals surface area contributed by atoms with Crippen LogP contribution < -0.4 is 5.73 Å². The summed E-state index contributed by atoms with van der Waals surface area (Å²) in [5.74, 6) is 0. The van der Waals surface area contributed by atoms with Crippen LogP contribution in [0.5, 0.6) is 0 Å². The third kappa shape index (κ3) is 2.96. The van der Waals surface area contributed by atoms with E-state index in [1.807, 2.05) is 6.07 Å². The summed E-state index contributed by atoms with van der Waals surface area (Å²) >= 11 is 17.6. The van der Waals surface area contributed by atoms with Gasteiger partial charge in [0.1, 0.15) is 0 Å². The molecule has 1 atom stereocenters. The third-order valence-electron chi connectivity index (χ3n) is 2.49. The van der Waals surface area contributed by atoms with Gasteiger partial charge in [0.2, 0.25) is 0 Å². The van der Waals surface area contributed by atoms with Crippen LogP contribution in [0.15, 0.2) is 34.9 Å². The van der Waals surface area contributed by atoms with Crippen LogP contribution in [-0.4, -0.2) is 0 Å². The molecule has 1 aromatic carbocycles. The van der Waals surface area contributed by atoms with Crippen molar-refractivity contribution in [3.63, 3.8) is 0 Å². The highest BCUT2D eigenvalue weighted by Gasteiger charge is 2.13. The van der Waals surface area contributed by atoms with E-state index in [2.05, 4.69) is 0 Å². The van der Waals surface area contributed by atoms with E-state index in [1.54, 1.807) is 18.2 Å². The Kier molecular flexibility index (Phi) is 4.00. The Morgan fingerprint density at radius 3 is 2.47 bits per heavy atom. The van der Waals surface area contributed by atoms with Crippen LogP contribution in [0.25, 0.3) is 0 Å². The van der Waals surface area contributed by atoms with Crippen LogP contribution in [0.4, 0.5) is 0 Å². The SMILES string of the molecule is NC(Cc1ccc(Cl)c(Cl)c1)c1ccoc1Cl. The predicted molar refractivity (Wildman–Crippen MR) is 70.8 cm³/mol. The van der Waals surface area contributed by atoms with E-state index in [9.17, 15) is 0 Å². The minimum Gasteiger partial charge on any atom is -0.453 e. The third-order valence-corrected chi connectivity index (χ3v) is 3.53. The molecule has 17 heavy (non-hydrogen) atoms. The highest BCUT2D eigenvalue weighted by molar-refractivity contribution is 6.42. The van der Waals surface area contributed by atoms with Gasteiger partial charge in [-0.15, -0.1) is 0 Å². The molecular formula is C12H10Cl3NO. The first-order valence-electron chi connectivity index (χ1n) is 5.00. The number of rotatable bonds is 3. The number of benzene rings is 1. The average Bonchev–Trinajstić information content (AvgIpc) is 2.70. The normalized spacial score (nSPS) is 12.7. The Morgan fingerprint density at radius 2 is 1.88 bits per heavy atom. The van der Waals surface area contributed by atoms with E-state index in [0.717, 1.165) is 11.1 Å². The largest absolute Gasteiger partial charge is 0.453 e. The molecule has 2 nitrogen and oxygen atoms in total. The molecule has 1 aromatic heterocycles. The number of nitrogens with two attached hydrogens (primary N) is 1. The maximum atomic E-state index is 6.04. The first-order valence-corrected chi connectivity index (χ1v) is 6.13. The quantitative estimate of drug-likeness (QED) is 0.905. The Bertz CT molecular complexity index is 524. The zero-order valence-corrected chi connectivity index (χ0v) is 11.1. The second kappa shape index (κ2) is 5.32. The number of hydrogen-bond donors (Lipinski definition) is 1. The molecule has 0 saturated carbocycles. The van der Waals surface area contributed by atoms with Crippen LogP contribution in [0, 0.1) is 0 Å². The highest BCUT2D eigenvalue weighted by atomic mass is 35.5. The lowest BCUT2D eigenvalue weighted by atomic mass is 10.0. The van der Waals surface area contributed by atoms with Gasteiger partial charge < -0.3 is 10.2 Å². The molecule has 1 heterocycles. The number of hydrogen-bond acceptors (Lipinski definition) is 2. The molecule has 0 fully saturated rings. The van der Waals surface area contributed by atoms with Crippen molar-refractivity contribution in [2.45, 2.75) is 12.5 Å². The van der Waals surface area contributed by atoms with Gasteiger partial charge in [-0.3, -0.25) is 0 Å². The van der Waals surface area contributed by atoms with Crippen molar-refractivity contribution in [2.24, 2.45) is 5.73 Å². The second-order valence-electron chi connectivity index (χ2n) is 3.71. The van der Waals surface area contributed by atoms with Crippen molar-refractivity contribution in [3.8, 4) is 0 Å². The van der Waals surface area contributed by atoms with Crippen molar-refractivity contribution in [2.75, 3.05) is 0 Å². The molecule has 0 bridgehead atoms. The molecule has 0 amide bonds. The summed E-state index contributed by atoms with van der Waals surface area (Å²) < 4.78 is 5.00. The lowest BCUT2D eigenvalue weighted by Crippen LogP contribution is -2.12.